The number of aromatic nitrogens is 2. The van der Waals surface area contributed by atoms with Crippen LogP contribution in [0.1, 0.15) is 26.3 Å². The van der Waals surface area contributed by atoms with E-state index in [1.807, 2.05) is 12.1 Å². The molecular weight excluding hydrogens is 326 g/mol. The number of hydrogen-bond donors (Lipinski definition) is 1. The van der Waals surface area contributed by atoms with Crippen LogP contribution in [0.15, 0.2) is 35.1 Å². The zero-order chi connectivity index (χ0) is 14.0. The fourth-order valence-corrected chi connectivity index (χ4v) is 2.06. The lowest BCUT2D eigenvalue weighted by atomic mass is 9.87. The molecule has 0 fully saturated rings. The fraction of sp³-hybridized carbons (Fsp3) is 0.286. The first-order chi connectivity index (χ1) is 8.88. The van der Waals surface area contributed by atoms with Gasteiger partial charge in [0.2, 0.25) is 0 Å². The second-order valence-electron chi connectivity index (χ2n) is 5.28. The van der Waals surface area contributed by atoms with Crippen molar-refractivity contribution in [2.45, 2.75) is 26.2 Å². The van der Waals surface area contributed by atoms with Crippen LogP contribution in [0.3, 0.4) is 0 Å². The van der Waals surface area contributed by atoms with Crippen LogP contribution in [0.2, 0.25) is 5.15 Å². The lowest BCUT2D eigenvalue weighted by molar-refractivity contribution is 0.590. The van der Waals surface area contributed by atoms with Gasteiger partial charge in [-0.2, -0.15) is 0 Å². The first-order valence-electron chi connectivity index (χ1n) is 5.91. The minimum atomic E-state index is 0.150. The van der Waals surface area contributed by atoms with Crippen LogP contribution in [-0.2, 0) is 5.41 Å². The van der Waals surface area contributed by atoms with Crippen LogP contribution in [-0.4, -0.2) is 9.97 Å². The van der Waals surface area contributed by atoms with Crippen molar-refractivity contribution in [2.75, 3.05) is 5.32 Å². The molecule has 0 bridgehead atoms. The lowest BCUT2D eigenvalue weighted by Gasteiger charge is -2.19. The molecule has 1 N–H and O–H groups in total. The van der Waals surface area contributed by atoms with Gasteiger partial charge in [0.15, 0.2) is 0 Å². The molecule has 0 spiro atoms. The Morgan fingerprint density at radius 3 is 2.32 bits per heavy atom. The molecule has 3 nitrogen and oxygen atoms in total. The predicted octanol–water partition coefficient (Wildman–Crippen LogP) is 4.93. The van der Waals surface area contributed by atoms with Crippen LogP contribution in [0, 0.1) is 0 Å². The zero-order valence-corrected chi connectivity index (χ0v) is 13.4. The summed E-state index contributed by atoms with van der Waals surface area (Å²) >= 11 is 9.29. The third-order valence-electron chi connectivity index (χ3n) is 2.76. The number of rotatable bonds is 2. The number of anilines is 2. The van der Waals surface area contributed by atoms with Crippen LogP contribution < -0.4 is 5.32 Å². The zero-order valence-electron chi connectivity index (χ0n) is 11.0. The molecule has 100 valence electrons. The Balaban J connectivity index is 2.23. The van der Waals surface area contributed by atoms with Gasteiger partial charge in [-0.25, -0.2) is 9.97 Å². The van der Waals surface area contributed by atoms with Gasteiger partial charge in [0.25, 0.3) is 0 Å². The van der Waals surface area contributed by atoms with Crippen LogP contribution in [0.25, 0.3) is 0 Å². The molecule has 1 heterocycles. The van der Waals surface area contributed by atoms with Gasteiger partial charge in [-0.15, -0.1) is 0 Å². The topological polar surface area (TPSA) is 37.8 Å². The maximum absolute atomic E-state index is 5.93. The van der Waals surface area contributed by atoms with Crippen molar-refractivity contribution in [3.8, 4) is 0 Å². The molecule has 5 heteroatoms. The molecule has 0 aliphatic rings. The molecule has 1 aromatic carbocycles. The average molecular weight is 341 g/mol. The molecule has 0 saturated carbocycles. The molecule has 0 atom stereocenters. The monoisotopic (exact) mass is 339 g/mol. The average Bonchev–Trinajstić information content (AvgIpc) is 2.35. The van der Waals surface area contributed by atoms with Gasteiger partial charge < -0.3 is 5.32 Å². The van der Waals surface area contributed by atoms with Gasteiger partial charge in [0.05, 0.1) is 4.47 Å². The Hall–Kier alpha value is -1.13. The van der Waals surface area contributed by atoms with Crippen molar-refractivity contribution in [3.63, 3.8) is 0 Å². The standard InChI is InChI=1S/C14H15BrClN3/c1-14(2,3)9-4-6-10(7-5-9)19-13-11(15)12(16)17-8-18-13/h4-8H,1-3H3,(H,17,18,19). The third kappa shape index (κ3) is 3.45. The number of halogens is 2. The van der Waals surface area contributed by atoms with Crippen molar-refractivity contribution in [1.29, 1.82) is 0 Å². The maximum atomic E-state index is 5.93. The van der Waals surface area contributed by atoms with Gasteiger partial charge in [-0.3, -0.25) is 0 Å². The molecule has 0 saturated heterocycles. The summed E-state index contributed by atoms with van der Waals surface area (Å²) in [6.45, 7) is 6.57. The quantitative estimate of drug-likeness (QED) is 0.787. The van der Waals surface area contributed by atoms with E-state index in [0.717, 1.165) is 5.69 Å². The molecule has 2 rings (SSSR count). The number of hydrogen-bond acceptors (Lipinski definition) is 3. The summed E-state index contributed by atoms with van der Waals surface area (Å²) in [4.78, 5) is 8.05. The second kappa shape index (κ2) is 5.47. The molecule has 0 radical (unpaired) electrons. The van der Waals surface area contributed by atoms with E-state index in [0.29, 0.717) is 15.4 Å². The highest BCUT2D eigenvalue weighted by Crippen LogP contribution is 2.29. The van der Waals surface area contributed by atoms with Crippen LogP contribution in [0.5, 0.6) is 0 Å². The normalized spacial score (nSPS) is 11.4. The van der Waals surface area contributed by atoms with Crippen molar-refractivity contribution < 1.29 is 0 Å². The summed E-state index contributed by atoms with van der Waals surface area (Å²) in [6.07, 6.45) is 1.43. The largest absolute Gasteiger partial charge is 0.339 e. The van der Waals surface area contributed by atoms with Crippen LogP contribution in [0.4, 0.5) is 11.5 Å². The van der Waals surface area contributed by atoms with Crippen molar-refractivity contribution in [3.05, 3.63) is 45.8 Å². The van der Waals surface area contributed by atoms with Crippen molar-refractivity contribution in [2.24, 2.45) is 0 Å². The highest BCUT2D eigenvalue weighted by atomic mass is 79.9. The third-order valence-corrected chi connectivity index (χ3v) is 4.03. The summed E-state index contributed by atoms with van der Waals surface area (Å²) in [5.74, 6) is 0.656. The summed E-state index contributed by atoms with van der Waals surface area (Å²) in [7, 11) is 0. The van der Waals surface area contributed by atoms with Crippen LogP contribution >= 0.6 is 27.5 Å². The van der Waals surface area contributed by atoms with Crippen molar-refractivity contribution >= 4 is 39.0 Å². The minimum Gasteiger partial charge on any atom is -0.339 e. The van der Waals surface area contributed by atoms with Gasteiger partial charge >= 0.3 is 0 Å². The molecule has 0 aliphatic heterocycles. The minimum absolute atomic E-state index is 0.150. The predicted molar refractivity (Wildman–Crippen MR) is 83.2 cm³/mol. The molecule has 0 amide bonds. The van der Waals surface area contributed by atoms with Gasteiger partial charge in [-0.1, -0.05) is 44.5 Å². The Kier molecular flexibility index (Phi) is 4.11. The van der Waals surface area contributed by atoms with E-state index in [9.17, 15) is 0 Å². The van der Waals surface area contributed by atoms with E-state index in [1.165, 1.54) is 11.9 Å². The number of nitrogens with one attached hydrogen (secondary N) is 1. The Morgan fingerprint density at radius 1 is 1.11 bits per heavy atom. The van der Waals surface area contributed by atoms with Crippen molar-refractivity contribution in [1.82, 2.24) is 9.97 Å². The highest BCUT2D eigenvalue weighted by molar-refractivity contribution is 9.10. The van der Waals surface area contributed by atoms with Gasteiger partial charge in [-0.05, 0) is 39.0 Å². The fourth-order valence-electron chi connectivity index (χ4n) is 1.63. The summed E-state index contributed by atoms with van der Waals surface area (Å²) in [5, 5.41) is 3.60. The Bertz CT molecular complexity index is 576. The Labute approximate surface area is 126 Å². The molecule has 19 heavy (non-hydrogen) atoms. The van der Waals surface area contributed by atoms with E-state index in [2.05, 4.69) is 64.1 Å². The van der Waals surface area contributed by atoms with E-state index < -0.39 is 0 Å². The number of nitrogens with zero attached hydrogens (tertiary/aromatic N) is 2. The Morgan fingerprint density at radius 2 is 1.74 bits per heavy atom. The summed E-state index contributed by atoms with van der Waals surface area (Å²) in [6, 6.07) is 8.28. The lowest BCUT2D eigenvalue weighted by Crippen LogP contribution is -2.10. The molecular formula is C14H15BrClN3. The highest BCUT2D eigenvalue weighted by Gasteiger charge is 2.13. The maximum Gasteiger partial charge on any atom is 0.149 e. The summed E-state index contributed by atoms with van der Waals surface area (Å²) in [5.41, 5.74) is 2.40. The number of benzene rings is 1. The first-order valence-corrected chi connectivity index (χ1v) is 7.08. The first kappa shape index (κ1) is 14.3. The van der Waals surface area contributed by atoms with E-state index in [1.54, 1.807) is 0 Å². The van der Waals surface area contributed by atoms with Gasteiger partial charge in [0.1, 0.15) is 17.3 Å². The molecule has 0 unspecified atom stereocenters. The molecule has 1 aromatic heterocycles. The van der Waals surface area contributed by atoms with E-state index >= 15 is 0 Å². The van der Waals surface area contributed by atoms with E-state index in [-0.39, 0.29) is 5.41 Å². The summed E-state index contributed by atoms with van der Waals surface area (Å²) < 4.78 is 0.663. The van der Waals surface area contributed by atoms with Gasteiger partial charge in [0, 0.05) is 5.69 Å². The second-order valence-corrected chi connectivity index (χ2v) is 6.43. The van der Waals surface area contributed by atoms with E-state index in [4.69, 9.17) is 11.6 Å². The molecule has 0 aliphatic carbocycles. The SMILES string of the molecule is CC(C)(C)c1ccc(Nc2ncnc(Cl)c2Br)cc1. The molecule has 2 aromatic rings. The smallest absolute Gasteiger partial charge is 0.149 e.